The highest BCUT2D eigenvalue weighted by Gasteiger charge is 2.38. The van der Waals surface area contributed by atoms with Crippen LogP contribution in [0.2, 0.25) is 0 Å². The van der Waals surface area contributed by atoms with Gasteiger partial charge in [-0.05, 0) is 28.1 Å². The van der Waals surface area contributed by atoms with Crippen LogP contribution in [0.3, 0.4) is 0 Å². The molecular formula is C6H5BrF3N. The third-order valence-corrected chi connectivity index (χ3v) is 2.13. The molecule has 0 saturated carbocycles. The summed E-state index contributed by atoms with van der Waals surface area (Å²) in [6.07, 6.45) is 1.53. The summed E-state index contributed by atoms with van der Waals surface area (Å²) in [5, 5.41) is 0. The van der Waals surface area contributed by atoms with Crippen LogP contribution in [0, 0.1) is 0 Å². The van der Waals surface area contributed by atoms with Gasteiger partial charge in [-0.25, -0.2) is 13.2 Å². The van der Waals surface area contributed by atoms with Gasteiger partial charge in [-0.15, -0.1) is 0 Å². The fourth-order valence-corrected chi connectivity index (χ4v) is 1.02. The summed E-state index contributed by atoms with van der Waals surface area (Å²) in [5.74, 6) is -2.39. The first-order chi connectivity index (χ1) is 4.95. The molecule has 2 unspecified atom stereocenters. The van der Waals surface area contributed by atoms with Gasteiger partial charge >= 0.3 is 0 Å². The largest absolute Gasteiger partial charge is 0.318 e. The van der Waals surface area contributed by atoms with E-state index in [0.717, 1.165) is 6.08 Å². The first-order valence-electron chi connectivity index (χ1n) is 2.83. The highest BCUT2D eigenvalue weighted by molar-refractivity contribution is 9.10. The van der Waals surface area contributed by atoms with E-state index in [4.69, 9.17) is 5.73 Å². The maximum Gasteiger partial charge on any atom is 0.205 e. The Labute approximate surface area is 69.9 Å². The van der Waals surface area contributed by atoms with E-state index in [9.17, 15) is 13.2 Å². The maximum atomic E-state index is 13.0. The molecule has 1 rings (SSSR count). The highest BCUT2D eigenvalue weighted by atomic mass is 79.9. The number of alkyl halides is 2. The SMILES string of the molecule is NC1C(F)=C(F)C=CC1(F)Br. The van der Waals surface area contributed by atoms with E-state index in [1.54, 1.807) is 0 Å². The Morgan fingerprint density at radius 1 is 1.55 bits per heavy atom. The van der Waals surface area contributed by atoms with E-state index >= 15 is 0 Å². The van der Waals surface area contributed by atoms with Crippen molar-refractivity contribution in [2.45, 2.75) is 10.6 Å². The lowest BCUT2D eigenvalue weighted by Crippen LogP contribution is -2.40. The molecule has 0 fully saturated rings. The predicted octanol–water partition coefficient (Wildman–Crippen LogP) is 2.09. The first kappa shape index (κ1) is 8.80. The van der Waals surface area contributed by atoms with Gasteiger partial charge in [0.05, 0.1) is 0 Å². The summed E-state index contributed by atoms with van der Waals surface area (Å²) in [5.41, 5.74) is 5.00. The molecule has 11 heavy (non-hydrogen) atoms. The van der Waals surface area contributed by atoms with Crippen molar-refractivity contribution in [3.8, 4) is 0 Å². The minimum absolute atomic E-state index is 0.702. The molecule has 2 atom stereocenters. The second kappa shape index (κ2) is 2.64. The molecule has 0 aromatic carbocycles. The third kappa shape index (κ3) is 1.49. The van der Waals surface area contributed by atoms with Gasteiger partial charge in [0.2, 0.25) is 4.58 Å². The smallest absolute Gasteiger partial charge is 0.205 e. The van der Waals surface area contributed by atoms with Crippen molar-refractivity contribution >= 4 is 15.9 Å². The molecule has 0 aromatic rings. The topological polar surface area (TPSA) is 26.0 Å². The molecular weight excluding hydrogens is 223 g/mol. The van der Waals surface area contributed by atoms with Gasteiger partial charge in [-0.3, -0.25) is 0 Å². The summed E-state index contributed by atoms with van der Waals surface area (Å²) in [6, 6.07) is -1.60. The number of halogens is 4. The van der Waals surface area contributed by atoms with E-state index in [2.05, 4.69) is 15.9 Å². The van der Waals surface area contributed by atoms with Gasteiger partial charge in [0.25, 0.3) is 0 Å². The number of rotatable bonds is 0. The highest BCUT2D eigenvalue weighted by Crippen LogP contribution is 2.35. The van der Waals surface area contributed by atoms with Gasteiger partial charge < -0.3 is 5.73 Å². The average Bonchev–Trinajstić information content (AvgIpc) is 1.95. The predicted molar refractivity (Wildman–Crippen MR) is 39.1 cm³/mol. The van der Waals surface area contributed by atoms with Crippen molar-refractivity contribution < 1.29 is 13.2 Å². The maximum absolute atomic E-state index is 13.0. The zero-order valence-corrected chi connectivity index (χ0v) is 6.91. The Hall–Kier alpha value is -0.290. The molecule has 62 valence electrons. The molecule has 0 spiro atoms. The Morgan fingerprint density at radius 2 is 2.09 bits per heavy atom. The van der Waals surface area contributed by atoms with Gasteiger partial charge in [0.15, 0.2) is 11.7 Å². The molecule has 2 N–H and O–H groups in total. The second-order valence-electron chi connectivity index (χ2n) is 2.18. The summed E-state index contributed by atoms with van der Waals surface area (Å²) in [4.78, 5) is 0. The van der Waals surface area contributed by atoms with Crippen LogP contribution in [0.25, 0.3) is 0 Å². The number of nitrogens with two attached hydrogens (primary N) is 1. The fraction of sp³-hybridized carbons (Fsp3) is 0.333. The van der Waals surface area contributed by atoms with Crippen molar-refractivity contribution in [3.05, 3.63) is 23.8 Å². The van der Waals surface area contributed by atoms with Crippen LogP contribution in [0.15, 0.2) is 23.8 Å². The Morgan fingerprint density at radius 3 is 2.55 bits per heavy atom. The number of hydrogen-bond donors (Lipinski definition) is 1. The first-order valence-corrected chi connectivity index (χ1v) is 3.62. The van der Waals surface area contributed by atoms with Crippen molar-refractivity contribution in [1.82, 2.24) is 0 Å². The minimum Gasteiger partial charge on any atom is -0.318 e. The van der Waals surface area contributed by atoms with E-state index < -0.39 is 22.3 Å². The monoisotopic (exact) mass is 227 g/mol. The molecule has 0 saturated heterocycles. The van der Waals surface area contributed by atoms with Crippen LogP contribution in [0.4, 0.5) is 13.2 Å². The molecule has 0 aromatic heterocycles. The van der Waals surface area contributed by atoms with Crippen LogP contribution in [0.5, 0.6) is 0 Å². The van der Waals surface area contributed by atoms with Gasteiger partial charge in [0, 0.05) is 0 Å². The summed E-state index contributed by atoms with van der Waals surface area (Å²) < 4.78 is 35.6. The molecule has 0 aliphatic heterocycles. The lowest BCUT2D eigenvalue weighted by Gasteiger charge is -2.23. The fourth-order valence-electron chi connectivity index (χ4n) is 0.685. The summed E-state index contributed by atoms with van der Waals surface area (Å²) in [6.45, 7) is 0. The van der Waals surface area contributed by atoms with Crippen molar-refractivity contribution in [2.24, 2.45) is 5.73 Å². The minimum atomic E-state index is -2.17. The standard InChI is InChI=1S/C6H5BrF3N/c7-6(10)2-1-3(8)4(9)5(6)11/h1-2,5H,11H2. The Kier molecular flexibility index (Phi) is 2.11. The number of allylic oxidation sites excluding steroid dienone is 2. The van der Waals surface area contributed by atoms with Crippen LogP contribution >= 0.6 is 15.9 Å². The molecule has 0 heterocycles. The van der Waals surface area contributed by atoms with Crippen LogP contribution < -0.4 is 5.73 Å². The average molecular weight is 228 g/mol. The number of hydrogen-bond acceptors (Lipinski definition) is 1. The molecule has 1 aliphatic carbocycles. The van der Waals surface area contributed by atoms with Crippen molar-refractivity contribution in [1.29, 1.82) is 0 Å². The molecule has 0 radical (unpaired) electrons. The zero-order chi connectivity index (χ0) is 8.65. The lowest BCUT2D eigenvalue weighted by molar-refractivity contribution is 0.292. The Bertz CT molecular complexity index is 234. The lowest BCUT2D eigenvalue weighted by atomic mass is 10.1. The molecule has 5 heteroatoms. The Balaban J connectivity index is 3.01. The van der Waals surface area contributed by atoms with Crippen LogP contribution in [-0.2, 0) is 0 Å². The van der Waals surface area contributed by atoms with Crippen molar-refractivity contribution in [3.63, 3.8) is 0 Å². The third-order valence-electron chi connectivity index (χ3n) is 1.37. The summed E-state index contributed by atoms with van der Waals surface area (Å²) >= 11 is 2.51. The quantitative estimate of drug-likeness (QED) is 0.631. The van der Waals surface area contributed by atoms with E-state index in [1.807, 2.05) is 0 Å². The van der Waals surface area contributed by atoms with Gasteiger partial charge in [0.1, 0.15) is 6.04 Å². The normalized spacial score (nSPS) is 38.1. The van der Waals surface area contributed by atoms with Crippen LogP contribution in [0.1, 0.15) is 0 Å². The zero-order valence-electron chi connectivity index (χ0n) is 5.32. The van der Waals surface area contributed by atoms with Crippen LogP contribution in [-0.4, -0.2) is 10.6 Å². The molecule has 1 nitrogen and oxygen atoms in total. The molecule has 1 aliphatic rings. The molecule has 0 bridgehead atoms. The van der Waals surface area contributed by atoms with E-state index in [0.29, 0.717) is 6.08 Å². The van der Waals surface area contributed by atoms with Crippen molar-refractivity contribution in [2.75, 3.05) is 0 Å². The van der Waals surface area contributed by atoms with Gasteiger partial charge in [-0.1, -0.05) is 0 Å². The molecule has 0 amide bonds. The van der Waals surface area contributed by atoms with E-state index in [1.165, 1.54) is 0 Å². The van der Waals surface area contributed by atoms with Gasteiger partial charge in [-0.2, -0.15) is 0 Å². The summed E-state index contributed by atoms with van der Waals surface area (Å²) in [7, 11) is 0. The van der Waals surface area contributed by atoms with E-state index in [-0.39, 0.29) is 0 Å². The second-order valence-corrected chi connectivity index (χ2v) is 3.40.